The first-order chi connectivity index (χ1) is 13.5. The molecule has 0 atom stereocenters. The van der Waals surface area contributed by atoms with E-state index in [1.807, 2.05) is 78.6 Å². The lowest BCUT2D eigenvalue weighted by molar-refractivity contribution is 1.30. The van der Waals surface area contributed by atoms with Gasteiger partial charge in [-0.2, -0.15) is 0 Å². The van der Waals surface area contributed by atoms with Crippen LogP contribution in [-0.2, 0) is 0 Å². The molecule has 0 saturated heterocycles. The molecule has 0 saturated carbocycles. The van der Waals surface area contributed by atoms with E-state index in [1.165, 1.54) is 0 Å². The number of hydrogen-bond acceptors (Lipinski definition) is 3. The molecular weight excluding hydrogens is 429 g/mol. The first kappa shape index (κ1) is 19.2. The van der Waals surface area contributed by atoms with Crippen LogP contribution in [0.3, 0.4) is 0 Å². The molecule has 0 amide bonds. The van der Waals surface area contributed by atoms with Gasteiger partial charge >= 0.3 is 0 Å². The van der Waals surface area contributed by atoms with Gasteiger partial charge in [0.2, 0.25) is 0 Å². The predicted octanol–water partition coefficient (Wildman–Crippen LogP) is 7.45. The molecule has 0 aliphatic rings. The number of fused-ring (bicyclic) bond motifs is 1. The number of aromatic nitrogens is 1. The first-order valence-electron chi connectivity index (χ1n) is 8.50. The molecule has 1 heterocycles. The highest BCUT2D eigenvalue weighted by Gasteiger charge is 2.20. The van der Waals surface area contributed by atoms with Gasteiger partial charge in [0, 0.05) is 15.7 Å². The van der Waals surface area contributed by atoms with Crippen molar-refractivity contribution < 1.29 is 0 Å². The van der Waals surface area contributed by atoms with Gasteiger partial charge < -0.3 is 5.32 Å². The molecule has 0 unspecified atom stereocenters. The van der Waals surface area contributed by atoms with Crippen molar-refractivity contribution >= 4 is 78.6 Å². The van der Waals surface area contributed by atoms with Crippen LogP contribution in [0.5, 0.6) is 0 Å². The lowest BCUT2D eigenvalue weighted by Gasteiger charge is -2.24. The Kier molecular flexibility index (Phi) is 5.51. The second kappa shape index (κ2) is 8.05. The second-order valence-electron chi connectivity index (χ2n) is 6.17. The Bertz CT molecular complexity index is 1140. The van der Waals surface area contributed by atoms with Gasteiger partial charge in [-0.1, -0.05) is 52.7 Å². The summed E-state index contributed by atoms with van der Waals surface area (Å²) in [4.78, 5) is 6.67. The number of rotatable bonds is 3. The molecule has 1 aromatic heterocycles. The van der Waals surface area contributed by atoms with E-state index >= 15 is 0 Å². The van der Waals surface area contributed by atoms with Crippen LogP contribution in [0.4, 0.5) is 16.5 Å². The number of thiazole rings is 1. The first-order valence-corrected chi connectivity index (χ1v) is 10.5. The number of thiocarbonyl (C=S) groups is 1. The zero-order chi connectivity index (χ0) is 19.7. The number of benzene rings is 3. The molecule has 0 aliphatic carbocycles. The maximum Gasteiger partial charge on any atom is 0.197 e. The molecule has 140 valence electrons. The van der Waals surface area contributed by atoms with Gasteiger partial charge in [0.15, 0.2) is 10.2 Å². The molecule has 0 fully saturated rings. The summed E-state index contributed by atoms with van der Waals surface area (Å²) in [5, 5.41) is 5.92. The van der Waals surface area contributed by atoms with Gasteiger partial charge in [-0.15, -0.1) is 0 Å². The molecule has 4 rings (SSSR count). The van der Waals surface area contributed by atoms with Crippen LogP contribution in [0.25, 0.3) is 10.2 Å². The van der Waals surface area contributed by atoms with Gasteiger partial charge in [0.25, 0.3) is 0 Å². The van der Waals surface area contributed by atoms with E-state index in [1.54, 1.807) is 11.3 Å². The molecule has 1 N–H and O–H groups in total. The van der Waals surface area contributed by atoms with E-state index in [0.717, 1.165) is 32.3 Å². The average molecular weight is 444 g/mol. The fourth-order valence-electron chi connectivity index (χ4n) is 2.82. The van der Waals surface area contributed by atoms with Crippen LogP contribution in [0.1, 0.15) is 5.56 Å². The number of halogens is 2. The highest BCUT2D eigenvalue weighted by molar-refractivity contribution is 7.80. The fourth-order valence-corrected chi connectivity index (χ4v) is 4.59. The third kappa shape index (κ3) is 3.98. The number of anilines is 3. The molecule has 0 bridgehead atoms. The van der Waals surface area contributed by atoms with Crippen LogP contribution in [-0.4, -0.2) is 10.1 Å². The van der Waals surface area contributed by atoms with Crippen LogP contribution in [0, 0.1) is 6.92 Å². The molecule has 28 heavy (non-hydrogen) atoms. The third-order valence-corrected chi connectivity index (χ3v) is 5.95. The van der Waals surface area contributed by atoms with Crippen molar-refractivity contribution in [3.63, 3.8) is 0 Å². The van der Waals surface area contributed by atoms with Crippen LogP contribution in [0.15, 0.2) is 66.7 Å². The highest BCUT2D eigenvalue weighted by Crippen LogP contribution is 2.35. The smallest absolute Gasteiger partial charge is 0.197 e. The maximum absolute atomic E-state index is 6.24. The summed E-state index contributed by atoms with van der Waals surface area (Å²) in [7, 11) is 0. The van der Waals surface area contributed by atoms with E-state index < -0.39 is 0 Å². The molecule has 4 aromatic rings. The van der Waals surface area contributed by atoms with Crippen molar-refractivity contribution in [3.8, 4) is 0 Å². The van der Waals surface area contributed by atoms with Crippen LogP contribution in [0.2, 0.25) is 10.0 Å². The molecule has 7 heteroatoms. The van der Waals surface area contributed by atoms with Gasteiger partial charge in [-0.05, 0) is 73.2 Å². The summed E-state index contributed by atoms with van der Waals surface area (Å²) in [6.07, 6.45) is 0. The largest absolute Gasteiger partial charge is 0.332 e. The Morgan fingerprint density at radius 3 is 2.54 bits per heavy atom. The van der Waals surface area contributed by atoms with Crippen LogP contribution < -0.4 is 10.2 Å². The number of hydrogen-bond donors (Lipinski definition) is 1. The Hall–Kier alpha value is -2.18. The lowest BCUT2D eigenvalue weighted by Crippen LogP contribution is -2.30. The monoisotopic (exact) mass is 443 g/mol. The van der Waals surface area contributed by atoms with Crippen molar-refractivity contribution in [2.24, 2.45) is 0 Å². The Balaban J connectivity index is 1.77. The van der Waals surface area contributed by atoms with Gasteiger partial charge in [0.05, 0.1) is 15.9 Å². The summed E-state index contributed by atoms with van der Waals surface area (Å²) >= 11 is 19.7. The van der Waals surface area contributed by atoms with Crippen molar-refractivity contribution in [1.82, 2.24) is 4.98 Å². The van der Waals surface area contributed by atoms with Gasteiger partial charge in [0.1, 0.15) is 0 Å². The molecule has 0 radical (unpaired) electrons. The average Bonchev–Trinajstić information content (AvgIpc) is 3.08. The molecule has 3 nitrogen and oxygen atoms in total. The summed E-state index contributed by atoms with van der Waals surface area (Å²) < 4.78 is 1.09. The van der Waals surface area contributed by atoms with Crippen molar-refractivity contribution in [2.75, 3.05) is 10.2 Å². The van der Waals surface area contributed by atoms with E-state index in [2.05, 4.69) is 5.32 Å². The van der Waals surface area contributed by atoms with Gasteiger partial charge in [-0.25, -0.2) is 4.98 Å². The van der Waals surface area contributed by atoms with Gasteiger partial charge in [-0.3, -0.25) is 4.90 Å². The number of nitrogens with zero attached hydrogens (tertiary/aromatic N) is 2. The molecular formula is C21H15Cl2N3S2. The third-order valence-electron chi connectivity index (χ3n) is 4.17. The Morgan fingerprint density at radius 2 is 1.79 bits per heavy atom. The summed E-state index contributed by atoms with van der Waals surface area (Å²) in [6.45, 7) is 1.98. The number of para-hydroxylation sites is 1. The quantitative estimate of drug-likeness (QED) is 0.332. The fraction of sp³-hybridized carbons (Fsp3) is 0.0476. The number of nitrogens with one attached hydrogen (secondary N) is 1. The summed E-state index contributed by atoms with van der Waals surface area (Å²) in [5.74, 6) is 0. The van der Waals surface area contributed by atoms with Crippen molar-refractivity contribution in [2.45, 2.75) is 6.92 Å². The Morgan fingerprint density at radius 1 is 1.00 bits per heavy atom. The van der Waals surface area contributed by atoms with E-state index in [9.17, 15) is 0 Å². The minimum absolute atomic E-state index is 0.506. The van der Waals surface area contributed by atoms with Crippen molar-refractivity contribution in [3.05, 3.63) is 82.3 Å². The molecule has 0 aliphatic heterocycles. The predicted molar refractivity (Wildman–Crippen MR) is 126 cm³/mol. The Labute approximate surface area is 182 Å². The number of aryl methyl sites for hydroxylation is 1. The zero-order valence-electron chi connectivity index (χ0n) is 14.8. The van der Waals surface area contributed by atoms with Crippen LogP contribution >= 0.6 is 46.8 Å². The lowest BCUT2D eigenvalue weighted by atomic mass is 10.2. The summed E-state index contributed by atoms with van der Waals surface area (Å²) in [5.41, 5.74) is 3.67. The zero-order valence-corrected chi connectivity index (χ0v) is 18.0. The van der Waals surface area contributed by atoms with E-state index in [4.69, 9.17) is 40.4 Å². The van der Waals surface area contributed by atoms with E-state index in [-0.39, 0.29) is 0 Å². The summed E-state index contributed by atoms with van der Waals surface area (Å²) in [6, 6.07) is 21.2. The second-order valence-corrected chi connectivity index (χ2v) is 8.44. The topological polar surface area (TPSA) is 28.2 Å². The normalized spacial score (nSPS) is 10.8. The maximum atomic E-state index is 6.24. The minimum atomic E-state index is 0.506. The highest BCUT2D eigenvalue weighted by atomic mass is 35.5. The molecule has 3 aromatic carbocycles. The van der Waals surface area contributed by atoms with E-state index in [0.29, 0.717) is 15.2 Å². The molecule has 0 spiro atoms. The minimum Gasteiger partial charge on any atom is -0.332 e. The standard InChI is InChI=1S/C21H15Cl2N3S2/c1-13-11-15(23)9-10-17(13)24-20(27)26(16-6-4-5-14(22)12-16)21-25-18-7-2-3-8-19(18)28-21/h2-12H,1H3,(H,24,27). The van der Waals surface area contributed by atoms with Crippen molar-refractivity contribution in [1.29, 1.82) is 0 Å². The SMILES string of the molecule is Cc1cc(Cl)ccc1NC(=S)N(c1cccc(Cl)c1)c1nc2ccccc2s1.